The summed E-state index contributed by atoms with van der Waals surface area (Å²) >= 11 is 0. The molecular formula is C16H25NO3. The number of amides is 1. The lowest BCUT2D eigenvalue weighted by Gasteiger charge is -2.32. The average Bonchev–Trinajstić information content (AvgIpc) is 3.02. The van der Waals surface area contributed by atoms with Crippen LogP contribution in [0.15, 0.2) is 12.2 Å². The largest absolute Gasteiger partial charge is 0.448 e. The Labute approximate surface area is 120 Å². The summed E-state index contributed by atoms with van der Waals surface area (Å²) < 4.78 is 5.32. The minimum atomic E-state index is -0.472. The van der Waals surface area contributed by atoms with Crippen molar-refractivity contribution in [3.63, 3.8) is 0 Å². The van der Waals surface area contributed by atoms with Gasteiger partial charge >= 0.3 is 6.09 Å². The molecule has 1 N–H and O–H groups in total. The topological polar surface area (TPSA) is 55.4 Å². The fourth-order valence-electron chi connectivity index (χ4n) is 3.44. The molecule has 0 radical (unpaired) electrons. The Bertz CT molecular complexity index is 405. The van der Waals surface area contributed by atoms with Crippen molar-refractivity contribution in [2.45, 2.75) is 46.0 Å². The predicted octanol–water partition coefficient (Wildman–Crippen LogP) is 3.07. The van der Waals surface area contributed by atoms with Crippen LogP contribution in [0.3, 0.4) is 0 Å². The van der Waals surface area contributed by atoms with Gasteiger partial charge in [-0.15, -0.1) is 0 Å². The number of hydrogen-bond donors (Lipinski definition) is 1. The fourth-order valence-corrected chi connectivity index (χ4v) is 3.44. The zero-order valence-electron chi connectivity index (χ0n) is 12.5. The van der Waals surface area contributed by atoms with Gasteiger partial charge < -0.3 is 10.1 Å². The first kappa shape index (κ1) is 15.1. The maximum absolute atomic E-state index is 12.0. The van der Waals surface area contributed by atoms with Crippen molar-refractivity contribution in [2.24, 2.45) is 17.3 Å². The Balaban J connectivity index is 1.81. The van der Waals surface area contributed by atoms with E-state index in [4.69, 9.17) is 4.74 Å². The molecule has 0 heterocycles. The predicted molar refractivity (Wildman–Crippen MR) is 77.3 cm³/mol. The third-order valence-electron chi connectivity index (χ3n) is 4.72. The van der Waals surface area contributed by atoms with E-state index in [-0.39, 0.29) is 18.3 Å². The molecule has 2 rings (SSSR count). The second-order valence-corrected chi connectivity index (χ2v) is 6.11. The summed E-state index contributed by atoms with van der Waals surface area (Å²) in [6, 6.07) is 0. The molecule has 20 heavy (non-hydrogen) atoms. The van der Waals surface area contributed by atoms with Crippen molar-refractivity contribution in [3.05, 3.63) is 12.2 Å². The first-order valence-electron chi connectivity index (χ1n) is 7.68. The highest BCUT2D eigenvalue weighted by Crippen LogP contribution is 2.52. The zero-order valence-corrected chi connectivity index (χ0v) is 12.5. The second kappa shape index (κ2) is 6.42. The van der Waals surface area contributed by atoms with Gasteiger partial charge in [0.2, 0.25) is 0 Å². The van der Waals surface area contributed by atoms with Gasteiger partial charge in [-0.25, -0.2) is 4.79 Å². The molecule has 0 aromatic rings. The first-order valence-corrected chi connectivity index (χ1v) is 7.68. The van der Waals surface area contributed by atoms with Gasteiger partial charge in [-0.05, 0) is 38.0 Å². The van der Waals surface area contributed by atoms with Crippen LogP contribution in [0.5, 0.6) is 0 Å². The molecule has 2 aliphatic carbocycles. The SMILES string of the molecule is CCCCCNC(=O)OCC1(C(C)=O)CC2C=CC1C2. The van der Waals surface area contributed by atoms with E-state index >= 15 is 0 Å². The Morgan fingerprint density at radius 1 is 1.35 bits per heavy atom. The molecule has 0 aliphatic heterocycles. The third-order valence-corrected chi connectivity index (χ3v) is 4.72. The summed E-state index contributed by atoms with van der Waals surface area (Å²) in [4.78, 5) is 23.7. The van der Waals surface area contributed by atoms with Crippen molar-refractivity contribution >= 4 is 11.9 Å². The molecule has 4 heteroatoms. The van der Waals surface area contributed by atoms with Crippen molar-refractivity contribution in [1.29, 1.82) is 0 Å². The average molecular weight is 279 g/mol. The normalized spacial score (nSPS) is 30.5. The maximum Gasteiger partial charge on any atom is 0.407 e. The highest BCUT2D eigenvalue weighted by molar-refractivity contribution is 5.84. The number of ketones is 1. The summed E-state index contributed by atoms with van der Waals surface area (Å²) in [5.41, 5.74) is -0.472. The van der Waals surface area contributed by atoms with E-state index in [1.54, 1.807) is 6.92 Å². The molecule has 3 unspecified atom stereocenters. The smallest absolute Gasteiger partial charge is 0.407 e. The molecular weight excluding hydrogens is 254 g/mol. The van der Waals surface area contributed by atoms with E-state index < -0.39 is 11.5 Å². The maximum atomic E-state index is 12.0. The number of nitrogens with one attached hydrogen (secondary N) is 1. The van der Waals surface area contributed by atoms with E-state index in [9.17, 15) is 9.59 Å². The molecule has 0 spiro atoms. The second-order valence-electron chi connectivity index (χ2n) is 6.11. The van der Waals surface area contributed by atoms with Crippen molar-refractivity contribution in [2.75, 3.05) is 13.2 Å². The van der Waals surface area contributed by atoms with Crippen LogP contribution in [0.25, 0.3) is 0 Å². The van der Waals surface area contributed by atoms with E-state index in [2.05, 4.69) is 24.4 Å². The van der Waals surface area contributed by atoms with Crippen molar-refractivity contribution in [1.82, 2.24) is 5.32 Å². The van der Waals surface area contributed by atoms with Gasteiger partial charge in [0.1, 0.15) is 12.4 Å². The highest BCUT2D eigenvalue weighted by Gasteiger charge is 2.52. The van der Waals surface area contributed by atoms with Crippen molar-refractivity contribution < 1.29 is 14.3 Å². The lowest BCUT2D eigenvalue weighted by molar-refractivity contribution is -0.130. The van der Waals surface area contributed by atoms with Gasteiger partial charge in [-0.1, -0.05) is 31.9 Å². The van der Waals surface area contributed by atoms with Gasteiger partial charge in [0.15, 0.2) is 0 Å². The van der Waals surface area contributed by atoms with Gasteiger partial charge in [0, 0.05) is 6.54 Å². The van der Waals surface area contributed by atoms with Crippen LogP contribution >= 0.6 is 0 Å². The number of rotatable bonds is 7. The number of allylic oxidation sites excluding steroid dienone is 2. The molecule has 1 saturated carbocycles. The number of Topliss-reactive ketones (excluding diaryl/α,β-unsaturated/α-hetero) is 1. The van der Waals surface area contributed by atoms with Crippen LogP contribution in [0, 0.1) is 17.3 Å². The number of carbonyl (C=O) groups is 2. The van der Waals surface area contributed by atoms with Gasteiger partial charge in [0.25, 0.3) is 0 Å². The quantitative estimate of drug-likeness (QED) is 0.575. The number of alkyl carbamates (subject to hydrolysis) is 1. The summed E-state index contributed by atoms with van der Waals surface area (Å²) in [5.74, 6) is 0.881. The Hall–Kier alpha value is -1.32. The summed E-state index contributed by atoms with van der Waals surface area (Å²) in [7, 11) is 0. The van der Waals surface area contributed by atoms with Crippen LogP contribution < -0.4 is 5.32 Å². The fraction of sp³-hybridized carbons (Fsp3) is 0.750. The Kier molecular flexibility index (Phi) is 4.84. The molecule has 2 bridgehead atoms. The Morgan fingerprint density at radius 3 is 2.70 bits per heavy atom. The van der Waals surface area contributed by atoms with Crippen molar-refractivity contribution in [3.8, 4) is 0 Å². The van der Waals surface area contributed by atoms with E-state index in [1.165, 1.54) is 0 Å². The number of carbonyl (C=O) groups excluding carboxylic acids is 2. The summed E-state index contributed by atoms with van der Waals surface area (Å²) in [5, 5.41) is 2.75. The molecule has 3 atom stereocenters. The van der Waals surface area contributed by atoms with Gasteiger partial charge in [-0.3, -0.25) is 4.79 Å². The first-order chi connectivity index (χ1) is 9.58. The van der Waals surface area contributed by atoms with Crippen LogP contribution in [-0.4, -0.2) is 25.0 Å². The molecule has 0 aromatic carbocycles. The zero-order chi connectivity index (χ0) is 14.6. The number of hydrogen-bond acceptors (Lipinski definition) is 3. The number of unbranched alkanes of at least 4 members (excludes halogenated alkanes) is 2. The molecule has 112 valence electrons. The lowest BCUT2D eigenvalue weighted by Crippen LogP contribution is -2.40. The van der Waals surface area contributed by atoms with E-state index in [0.717, 1.165) is 32.1 Å². The van der Waals surface area contributed by atoms with Gasteiger partial charge in [0.05, 0.1) is 5.41 Å². The van der Waals surface area contributed by atoms with E-state index in [1.807, 2.05) is 0 Å². The number of fused-ring (bicyclic) bond motifs is 2. The van der Waals surface area contributed by atoms with Crippen LogP contribution in [0.2, 0.25) is 0 Å². The van der Waals surface area contributed by atoms with Gasteiger partial charge in [-0.2, -0.15) is 0 Å². The number of ether oxygens (including phenoxy) is 1. The standard InChI is InChI=1S/C16H25NO3/c1-3-4-5-8-17-15(19)20-11-16(12(2)18)10-13-6-7-14(16)9-13/h6-7,13-14H,3-5,8-11H2,1-2H3,(H,17,19). The molecule has 0 aromatic heterocycles. The lowest BCUT2D eigenvalue weighted by atomic mass is 9.73. The minimum absolute atomic E-state index is 0.146. The Morgan fingerprint density at radius 2 is 2.15 bits per heavy atom. The molecule has 0 saturated heterocycles. The summed E-state index contributed by atoms with van der Waals surface area (Å²) in [6.07, 6.45) is 8.97. The van der Waals surface area contributed by atoms with Crippen LogP contribution in [-0.2, 0) is 9.53 Å². The van der Waals surface area contributed by atoms with Crippen LogP contribution in [0.4, 0.5) is 4.79 Å². The molecule has 4 nitrogen and oxygen atoms in total. The third kappa shape index (κ3) is 3.05. The highest BCUT2D eigenvalue weighted by atomic mass is 16.5. The minimum Gasteiger partial charge on any atom is -0.448 e. The summed E-state index contributed by atoms with van der Waals surface area (Å²) in [6.45, 7) is 4.60. The molecule has 2 aliphatic rings. The van der Waals surface area contributed by atoms with E-state index in [0.29, 0.717) is 12.5 Å². The molecule has 1 amide bonds. The van der Waals surface area contributed by atoms with Crippen LogP contribution in [0.1, 0.15) is 46.0 Å². The molecule has 1 fully saturated rings. The monoisotopic (exact) mass is 279 g/mol.